The third kappa shape index (κ3) is 4.27. The molecule has 7 nitrogen and oxygen atoms in total. The maximum atomic E-state index is 12.1. The highest BCUT2D eigenvalue weighted by atomic mass is 32.2. The molecular weight excluding hydrogens is 372 g/mol. The van der Waals surface area contributed by atoms with Crippen molar-refractivity contribution in [3.8, 4) is 0 Å². The van der Waals surface area contributed by atoms with E-state index in [4.69, 9.17) is 0 Å². The van der Waals surface area contributed by atoms with Gasteiger partial charge in [0.1, 0.15) is 5.82 Å². The number of anilines is 1. The van der Waals surface area contributed by atoms with Gasteiger partial charge < -0.3 is 10.6 Å². The number of hydrogen-bond donors (Lipinski definition) is 2. The Morgan fingerprint density at radius 2 is 1.96 bits per heavy atom. The number of aromatic nitrogens is 2. The second kappa shape index (κ2) is 7.03. The Hall–Kier alpha value is -1.87. The summed E-state index contributed by atoms with van der Waals surface area (Å²) in [4.78, 5) is 21.2. The number of nitrogens with zero attached hydrogens (tertiary/aromatic N) is 2. The van der Waals surface area contributed by atoms with E-state index < -0.39 is 9.84 Å². The zero-order valence-corrected chi connectivity index (χ0v) is 15.8. The fourth-order valence-corrected chi connectivity index (χ4v) is 5.29. The fraction of sp³-hybridized carbons (Fsp3) is 0.471. The van der Waals surface area contributed by atoms with Crippen molar-refractivity contribution in [1.29, 1.82) is 0 Å². The number of nitrogens with one attached hydrogen (secondary N) is 2. The SMILES string of the molecule is O=C(CSc1nc(NC2CC2)c2ccccc2n1)N[C@@H]1CCS(=O)(=O)C1. The number of rotatable bonds is 6. The van der Waals surface area contributed by atoms with E-state index in [-0.39, 0.29) is 29.2 Å². The first kappa shape index (κ1) is 17.5. The van der Waals surface area contributed by atoms with Crippen molar-refractivity contribution in [3.05, 3.63) is 24.3 Å². The van der Waals surface area contributed by atoms with E-state index in [0.29, 0.717) is 17.6 Å². The largest absolute Gasteiger partial charge is 0.367 e. The fourth-order valence-electron chi connectivity index (χ4n) is 2.96. The van der Waals surface area contributed by atoms with Crippen LogP contribution in [0.2, 0.25) is 0 Å². The minimum Gasteiger partial charge on any atom is -0.367 e. The highest BCUT2D eigenvalue weighted by molar-refractivity contribution is 7.99. The highest BCUT2D eigenvalue weighted by Crippen LogP contribution is 2.29. The summed E-state index contributed by atoms with van der Waals surface area (Å²) in [7, 11) is -3.00. The van der Waals surface area contributed by atoms with E-state index in [1.54, 1.807) is 0 Å². The van der Waals surface area contributed by atoms with Crippen LogP contribution in [0.15, 0.2) is 29.4 Å². The molecule has 2 aliphatic rings. The molecule has 1 aliphatic carbocycles. The van der Waals surface area contributed by atoms with Crippen molar-refractivity contribution in [2.45, 2.75) is 36.5 Å². The van der Waals surface area contributed by atoms with Gasteiger partial charge >= 0.3 is 0 Å². The molecule has 2 N–H and O–H groups in total. The summed E-state index contributed by atoms with van der Waals surface area (Å²) in [6, 6.07) is 8.00. The molecule has 1 aliphatic heterocycles. The zero-order valence-electron chi connectivity index (χ0n) is 14.1. The maximum absolute atomic E-state index is 12.1. The summed E-state index contributed by atoms with van der Waals surface area (Å²) < 4.78 is 22.9. The molecular formula is C17H20N4O3S2. The number of benzene rings is 1. The van der Waals surface area contributed by atoms with Gasteiger partial charge in [-0.05, 0) is 31.4 Å². The number of hydrogen-bond acceptors (Lipinski definition) is 7. The molecule has 26 heavy (non-hydrogen) atoms. The lowest BCUT2D eigenvalue weighted by atomic mass is 10.2. The van der Waals surface area contributed by atoms with Crippen molar-refractivity contribution in [2.24, 2.45) is 0 Å². The van der Waals surface area contributed by atoms with Gasteiger partial charge in [-0.2, -0.15) is 0 Å². The average molecular weight is 393 g/mol. The van der Waals surface area contributed by atoms with E-state index >= 15 is 0 Å². The third-order valence-electron chi connectivity index (χ3n) is 4.43. The van der Waals surface area contributed by atoms with Gasteiger partial charge in [0.2, 0.25) is 5.91 Å². The van der Waals surface area contributed by atoms with E-state index in [9.17, 15) is 13.2 Å². The first-order valence-electron chi connectivity index (χ1n) is 8.64. The standard InChI is InChI=1S/C17H20N4O3S2/c22-15(18-12-7-8-26(23,24)10-12)9-25-17-20-14-4-2-1-3-13(14)16(21-17)19-11-5-6-11/h1-4,11-12H,5-10H2,(H,18,22)(H,19,20,21)/t12-/m1/s1. The maximum Gasteiger partial charge on any atom is 0.230 e. The molecule has 1 saturated heterocycles. The van der Waals surface area contributed by atoms with Gasteiger partial charge in [-0.1, -0.05) is 23.9 Å². The van der Waals surface area contributed by atoms with Crippen LogP contribution in [0.1, 0.15) is 19.3 Å². The Balaban J connectivity index is 1.42. The Morgan fingerprint density at radius 1 is 1.15 bits per heavy atom. The van der Waals surface area contributed by atoms with Crippen LogP contribution in [0.4, 0.5) is 5.82 Å². The summed E-state index contributed by atoms with van der Waals surface area (Å²) in [6.07, 6.45) is 2.78. The van der Waals surface area contributed by atoms with Crippen LogP contribution in [-0.2, 0) is 14.6 Å². The Labute approximate surface area is 156 Å². The van der Waals surface area contributed by atoms with Crippen molar-refractivity contribution in [2.75, 3.05) is 22.6 Å². The Morgan fingerprint density at radius 3 is 2.69 bits per heavy atom. The quantitative estimate of drug-likeness (QED) is 0.569. The zero-order chi connectivity index (χ0) is 18.1. The predicted molar refractivity (Wildman–Crippen MR) is 102 cm³/mol. The monoisotopic (exact) mass is 392 g/mol. The number of fused-ring (bicyclic) bond motifs is 1. The van der Waals surface area contributed by atoms with E-state index in [1.807, 2.05) is 24.3 Å². The van der Waals surface area contributed by atoms with Gasteiger partial charge in [-0.3, -0.25) is 4.79 Å². The van der Waals surface area contributed by atoms with Crippen LogP contribution in [0, 0.1) is 0 Å². The molecule has 138 valence electrons. The lowest BCUT2D eigenvalue weighted by Crippen LogP contribution is -2.36. The molecule has 1 atom stereocenters. The number of carbonyl (C=O) groups is 1. The molecule has 9 heteroatoms. The highest BCUT2D eigenvalue weighted by Gasteiger charge is 2.29. The second-order valence-corrected chi connectivity index (χ2v) is 9.92. The molecule has 1 amide bonds. The minimum atomic E-state index is -3.00. The lowest BCUT2D eigenvalue weighted by molar-refractivity contribution is -0.119. The number of thioether (sulfide) groups is 1. The lowest BCUT2D eigenvalue weighted by Gasteiger charge is -2.11. The van der Waals surface area contributed by atoms with Gasteiger partial charge in [0.15, 0.2) is 15.0 Å². The minimum absolute atomic E-state index is 0.0331. The molecule has 1 saturated carbocycles. The summed E-state index contributed by atoms with van der Waals surface area (Å²) in [5.41, 5.74) is 0.843. The molecule has 0 radical (unpaired) electrons. The first-order chi connectivity index (χ1) is 12.5. The number of para-hydroxylation sites is 1. The Bertz CT molecular complexity index is 944. The smallest absolute Gasteiger partial charge is 0.230 e. The molecule has 0 spiro atoms. The van der Waals surface area contributed by atoms with Gasteiger partial charge in [0, 0.05) is 17.5 Å². The first-order valence-corrected chi connectivity index (χ1v) is 11.5. The van der Waals surface area contributed by atoms with Gasteiger partial charge in [0.25, 0.3) is 0 Å². The topological polar surface area (TPSA) is 101 Å². The molecule has 0 bridgehead atoms. The van der Waals surface area contributed by atoms with Crippen molar-refractivity contribution < 1.29 is 13.2 Å². The molecule has 1 aromatic carbocycles. The summed E-state index contributed by atoms with van der Waals surface area (Å²) in [5, 5.41) is 7.73. The predicted octanol–water partition coefficient (Wildman–Crippen LogP) is 1.60. The van der Waals surface area contributed by atoms with Gasteiger partial charge in [0.05, 0.1) is 22.8 Å². The van der Waals surface area contributed by atoms with Crippen LogP contribution in [0.5, 0.6) is 0 Å². The normalized spacial score (nSPS) is 21.6. The van der Waals surface area contributed by atoms with Crippen molar-refractivity contribution in [3.63, 3.8) is 0 Å². The molecule has 0 unspecified atom stereocenters. The van der Waals surface area contributed by atoms with E-state index in [2.05, 4.69) is 20.6 Å². The third-order valence-corrected chi connectivity index (χ3v) is 7.05. The molecule has 2 aromatic rings. The van der Waals surface area contributed by atoms with Crippen LogP contribution in [0.25, 0.3) is 10.9 Å². The van der Waals surface area contributed by atoms with Crippen LogP contribution in [0.3, 0.4) is 0 Å². The van der Waals surface area contributed by atoms with Crippen LogP contribution in [-0.4, -0.2) is 53.6 Å². The van der Waals surface area contributed by atoms with Gasteiger partial charge in [-0.15, -0.1) is 0 Å². The number of amides is 1. The molecule has 2 fully saturated rings. The van der Waals surface area contributed by atoms with E-state index in [1.165, 1.54) is 11.8 Å². The second-order valence-electron chi connectivity index (χ2n) is 6.75. The molecule has 2 heterocycles. The molecule has 4 rings (SSSR count). The van der Waals surface area contributed by atoms with Crippen molar-refractivity contribution in [1.82, 2.24) is 15.3 Å². The Kier molecular flexibility index (Phi) is 4.74. The van der Waals surface area contributed by atoms with E-state index in [0.717, 1.165) is 29.6 Å². The average Bonchev–Trinajstić information content (AvgIpc) is 3.35. The number of carbonyl (C=O) groups excluding carboxylic acids is 1. The van der Waals surface area contributed by atoms with Gasteiger partial charge in [-0.25, -0.2) is 18.4 Å². The van der Waals surface area contributed by atoms with Crippen molar-refractivity contribution >= 4 is 44.2 Å². The summed E-state index contributed by atoms with van der Waals surface area (Å²) in [6.45, 7) is 0. The summed E-state index contributed by atoms with van der Waals surface area (Å²) in [5.74, 6) is 0.964. The summed E-state index contributed by atoms with van der Waals surface area (Å²) >= 11 is 1.26. The molecule has 1 aromatic heterocycles. The number of sulfone groups is 1. The van der Waals surface area contributed by atoms with Crippen LogP contribution < -0.4 is 10.6 Å². The van der Waals surface area contributed by atoms with Crippen LogP contribution >= 0.6 is 11.8 Å².